The number of nitro benzene ring substituents is 1. The number of para-hydroxylation sites is 1. The minimum atomic E-state index is -1.68. The number of aromatic nitrogens is 1. The van der Waals surface area contributed by atoms with Crippen molar-refractivity contribution in [3.8, 4) is 11.5 Å². The topological polar surface area (TPSA) is 156 Å². The molecule has 2 saturated heterocycles. The molecule has 4 atom stereocenters. The van der Waals surface area contributed by atoms with Crippen LogP contribution in [0.3, 0.4) is 0 Å². The summed E-state index contributed by atoms with van der Waals surface area (Å²) < 4.78 is 10.9. The second kappa shape index (κ2) is 8.15. The predicted octanol–water partition coefficient (Wildman–Crippen LogP) is 2.97. The second-order valence-corrected chi connectivity index (χ2v) is 10.6. The number of ether oxygens (including phenoxy) is 2. The van der Waals surface area contributed by atoms with E-state index in [4.69, 9.17) is 9.47 Å². The lowest BCUT2D eigenvalue weighted by molar-refractivity contribution is -0.384. The number of nitro groups is 1. The summed E-state index contributed by atoms with van der Waals surface area (Å²) in [4.78, 5) is 57.7. The molecule has 0 aliphatic carbocycles. The largest absolute Gasteiger partial charge is 0.454 e. The monoisotopic (exact) mass is 551 g/mol. The van der Waals surface area contributed by atoms with Gasteiger partial charge in [-0.1, -0.05) is 18.2 Å². The Kier molecular flexibility index (Phi) is 4.70. The molecule has 0 unspecified atom stereocenters. The van der Waals surface area contributed by atoms with E-state index in [2.05, 4.69) is 15.6 Å². The van der Waals surface area contributed by atoms with Crippen molar-refractivity contribution in [2.45, 2.75) is 18.0 Å². The van der Waals surface area contributed by atoms with Crippen LogP contribution in [0.25, 0.3) is 10.9 Å². The molecule has 4 aromatic rings. The van der Waals surface area contributed by atoms with E-state index >= 15 is 0 Å². The molecule has 0 bridgehead atoms. The first-order valence-electron chi connectivity index (χ1n) is 13.1. The molecule has 0 saturated carbocycles. The minimum Gasteiger partial charge on any atom is -0.454 e. The van der Waals surface area contributed by atoms with Gasteiger partial charge in [0.1, 0.15) is 5.54 Å². The Morgan fingerprint density at radius 1 is 1.00 bits per heavy atom. The van der Waals surface area contributed by atoms with Crippen LogP contribution >= 0.6 is 0 Å². The SMILES string of the molecule is O=C1[C@@H]2[C@H](Cc3c[nH]c4ccccc34)N[C@@]3(C(=O)Nc4ccc([N+](=O)[O-])cc43)[C@H]2C(=O)N1c1ccc2c(c1)OCO2. The van der Waals surface area contributed by atoms with Crippen LogP contribution in [0.4, 0.5) is 17.1 Å². The summed E-state index contributed by atoms with van der Waals surface area (Å²) in [5.74, 6) is -2.71. The van der Waals surface area contributed by atoms with E-state index in [9.17, 15) is 24.5 Å². The molecule has 204 valence electrons. The van der Waals surface area contributed by atoms with Crippen LogP contribution in [0.15, 0.2) is 66.9 Å². The minimum absolute atomic E-state index is 0.0292. The van der Waals surface area contributed by atoms with Gasteiger partial charge < -0.3 is 19.8 Å². The van der Waals surface area contributed by atoms with Gasteiger partial charge in [-0.25, -0.2) is 4.90 Å². The number of imide groups is 1. The highest BCUT2D eigenvalue weighted by atomic mass is 16.7. The third kappa shape index (κ3) is 3.10. The van der Waals surface area contributed by atoms with E-state index < -0.39 is 46.1 Å². The second-order valence-electron chi connectivity index (χ2n) is 10.6. The number of non-ortho nitro benzene ring substituents is 1. The van der Waals surface area contributed by atoms with Gasteiger partial charge in [0.15, 0.2) is 11.5 Å². The molecule has 5 heterocycles. The molecule has 0 radical (unpaired) electrons. The van der Waals surface area contributed by atoms with E-state index in [1.54, 1.807) is 18.2 Å². The number of fused-ring (bicyclic) bond motifs is 6. The zero-order valence-corrected chi connectivity index (χ0v) is 21.2. The summed E-state index contributed by atoms with van der Waals surface area (Å²) in [7, 11) is 0. The summed E-state index contributed by atoms with van der Waals surface area (Å²) in [6, 6.07) is 16.0. The zero-order valence-electron chi connectivity index (χ0n) is 21.2. The number of aromatic amines is 1. The Morgan fingerprint density at radius 3 is 2.68 bits per heavy atom. The van der Waals surface area contributed by atoms with E-state index in [0.717, 1.165) is 21.4 Å². The zero-order chi connectivity index (χ0) is 28.0. The molecule has 1 spiro atoms. The van der Waals surface area contributed by atoms with Crippen molar-refractivity contribution < 1.29 is 28.8 Å². The van der Waals surface area contributed by atoms with Crippen LogP contribution in [0.2, 0.25) is 0 Å². The lowest BCUT2D eigenvalue weighted by atomic mass is 9.76. The van der Waals surface area contributed by atoms with Crippen LogP contribution in [0, 0.1) is 22.0 Å². The number of amides is 3. The van der Waals surface area contributed by atoms with Crippen molar-refractivity contribution in [3.63, 3.8) is 0 Å². The van der Waals surface area contributed by atoms with E-state index in [-0.39, 0.29) is 18.0 Å². The lowest BCUT2D eigenvalue weighted by Crippen LogP contribution is -2.53. The number of hydrogen-bond acceptors (Lipinski definition) is 8. The van der Waals surface area contributed by atoms with Gasteiger partial charge in [0.25, 0.3) is 5.69 Å². The Balaban J connectivity index is 1.28. The average molecular weight is 552 g/mol. The summed E-state index contributed by atoms with van der Waals surface area (Å²) in [5, 5.41) is 18.8. The number of nitrogens with zero attached hydrogens (tertiary/aromatic N) is 2. The van der Waals surface area contributed by atoms with Gasteiger partial charge in [-0.3, -0.25) is 29.8 Å². The molecule has 4 aliphatic heterocycles. The molecule has 8 rings (SSSR count). The molecular formula is C29H21N5O7. The van der Waals surface area contributed by atoms with Gasteiger partial charge in [-0.15, -0.1) is 0 Å². The summed E-state index contributed by atoms with van der Waals surface area (Å²) in [6.07, 6.45) is 2.19. The first kappa shape index (κ1) is 23.6. The Labute approximate surface area is 231 Å². The molecule has 41 heavy (non-hydrogen) atoms. The highest BCUT2D eigenvalue weighted by Crippen LogP contribution is 2.55. The third-order valence-electron chi connectivity index (χ3n) is 8.64. The molecule has 3 N–H and O–H groups in total. The maximum atomic E-state index is 14.3. The smallest absolute Gasteiger partial charge is 0.269 e. The third-order valence-corrected chi connectivity index (χ3v) is 8.64. The summed E-state index contributed by atoms with van der Waals surface area (Å²) in [5.41, 5.74) is 0.874. The molecule has 4 aliphatic rings. The van der Waals surface area contributed by atoms with Crippen LogP contribution in [0.1, 0.15) is 11.1 Å². The number of rotatable bonds is 4. The number of nitrogens with one attached hydrogen (secondary N) is 3. The van der Waals surface area contributed by atoms with Crippen molar-refractivity contribution in [1.29, 1.82) is 0 Å². The van der Waals surface area contributed by atoms with Crippen molar-refractivity contribution in [2.24, 2.45) is 11.8 Å². The molecule has 12 heteroatoms. The summed E-state index contributed by atoms with van der Waals surface area (Å²) in [6.45, 7) is 0.0292. The number of anilines is 2. The maximum Gasteiger partial charge on any atom is 0.269 e. The van der Waals surface area contributed by atoms with Gasteiger partial charge in [-0.05, 0) is 36.2 Å². The highest BCUT2D eigenvalue weighted by molar-refractivity contribution is 6.26. The molecule has 12 nitrogen and oxygen atoms in total. The highest BCUT2D eigenvalue weighted by Gasteiger charge is 2.70. The fourth-order valence-corrected chi connectivity index (χ4v) is 6.89. The lowest BCUT2D eigenvalue weighted by Gasteiger charge is -2.29. The van der Waals surface area contributed by atoms with Crippen molar-refractivity contribution in [3.05, 3.63) is 88.1 Å². The maximum absolute atomic E-state index is 14.3. The van der Waals surface area contributed by atoms with Gasteiger partial charge in [-0.2, -0.15) is 0 Å². The number of hydrogen-bond donors (Lipinski definition) is 3. The van der Waals surface area contributed by atoms with Crippen LogP contribution in [-0.4, -0.2) is 40.5 Å². The Morgan fingerprint density at radius 2 is 1.83 bits per heavy atom. The number of H-pyrrole nitrogens is 1. The van der Waals surface area contributed by atoms with Gasteiger partial charge in [0, 0.05) is 52.6 Å². The molecular weight excluding hydrogens is 530 g/mol. The Bertz CT molecular complexity index is 1850. The number of carbonyl (C=O) groups is 3. The fourth-order valence-electron chi connectivity index (χ4n) is 6.89. The average Bonchev–Trinajstić information content (AvgIpc) is 3.76. The van der Waals surface area contributed by atoms with E-state index in [0.29, 0.717) is 29.3 Å². The van der Waals surface area contributed by atoms with E-state index in [1.165, 1.54) is 18.2 Å². The van der Waals surface area contributed by atoms with Crippen molar-refractivity contribution in [2.75, 3.05) is 17.0 Å². The number of benzene rings is 3. The standard InChI is InChI=1S/C29H21N5O7/c35-26-24-21(9-14-12-30-19-4-2-1-3-17(14)19)32-29(18-10-16(34(38)39)5-7-20(18)31-28(29)37)25(24)27(36)33(26)15-6-8-22-23(11-15)41-13-40-22/h1-8,10-12,21,24-25,30,32H,9,13H2,(H,31,37)/t21-,24+,25+,29+/m0/s1. The van der Waals surface area contributed by atoms with Crippen LogP contribution in [-0.2, 0) is 26.3 Å². The van der Waals surface area contributed by atoms with Crippen molar-refractivity contribution in [1.82, 2.24) is 10.3 Å². The molecule has 2 fully saturated rings. The first-order valence-corrected chi connectivity index (χ1v) is 13.1. The van der Waals surface area contributed by atoms with Gasteiger partial charge in [0.05, 0.1) is 22.4 Å². The van der Waals surface area contributed by atoms with Crippen LogP contribution in [0.5, 0.6) is 11.5 Å². The quantitative estimate of drug-likeness (QED) is 0.199. The first-order chi connectivity index (χ1) is 19.9. The normalized spacial score (nSPS) is 25.7. The molecule has 1 aromatic heterocycles. The fraction of sp³-hybridized carbons (Fsp3) is 0.207. The van der Waals surface area contributed by atoms with Crippen LogP contribution < -0.4 is 25.0 Å². The summed E-state index contributed by atoms with van der Waals surface area (Å²) >= 11 is 0. The molecule has 3 amide bonds. The Hall–Kier alpha value is -5.23. The van der Waals surface area contributed by atoms with Crippen molar-refractivity contribution >= 4 is 45.7 Å². The van der Waals surface area contributed by atoms with E-state index in [1.807, 2.05) is 30.5 Å². The molecule has 3 aromatic carbocycles. The number of carbonyl (C=O) groups excluding carboxylic acids is 3. The predicted molar refractivity (Wildman–Crippen MR) is 144 cm³/mol. The van der Waals surface area contributed by atoms with Gasteiger partial charge in [0.2, 0.25) is 24.5 Å². The van der Waals surface area contributed by atoms with Gasteiger partial charge >= 0.3 is 0 Å².